The van der Waals surface area contributed by atoms with Crippen LogP contribution in [0.2, 0.25) is 0 Å². The smallest absolute Gasteiger partial charge is 0.509 e. The van der Waals surface area contributed by atoms with Gasteiger partial charge in [-0.15, -0.1) is 41.3 Å². The summed E-state index contributed by atoms with van der Waals surface area (Å²) in [4.78, 5) is 4.88. The van der Waals surface area contributed by atoms with Gasteiger partial charge in [-0.25, -0.2) is 4.98 Å². The molecule has 4 aromatic carbocycles. The van der Waals surface area contributed by atoms with Gasteiger partial charge in [0.15, 0.2) is 0 Å². The maximum absolute atomic E-state index is 6.69. The van der Waals surface area contributed by atoms with Gasteiger partial charge < -0.3 is 9.30 Å². The van der Waals surface area contributed by atoms with E-state index in [1.54, 1.807) is 0 Å². The summed E-state index contributed by atoms with van der Waals surface area (Å²) in [6, 6.07) is 37.1. The number of hydrogen-bond acceptors (Lipinski definition) is 3. The van der Waals surface area contributed by atoms with Crippen molar-refractivity contribution in [1.29, 1.82) is 0 Å². The number of hydrogen-bond donors (Lipinski definition) is 0. The van der Waals surface area contributed by atoms with E-state index >= 15 is 0 Å². The number of pyridine rings is 1. The minimum atomic E-state index is -0.127. The molecule has 0 aliphatic carbocycles. The Balaban J connectivity index is 0.00000448. The van der Waals surface area contributed by atoms with Crippen LogP contribution in [0, 0.1) is 26.0 Å². The Bertz CT molecular complexity index is 2370. The van der Waals surface area contributed by atoms with Crippen molar-refractivity contribution in [1.82, 2.24) is 19.3 Å². The van der Waals surface area contributed by atoms with Crippen LogP contribution in [0.15, 0.2) is 91.1 Å². The summed E-state index contributed by atoms with van der Waals surface area (Å²) in [6.45, 7) is 22.0. The van der Waals surface area contributed by atoms with E-state index in [2.05, 4.69) is 159 Å². The van der Waals surface area contributed by atoms with Crippen molar-refractivity contribution in [3.63, 3.8) is 0 Å². The molecule has 0 unspecified atom stereocenters. The molecule has 0 atom stereocenters. The van der Waals surface area contributed by atoms with Crippen molar-refractivity contribution < 1.29 is 25.8 Å². The van der Waals surface area contributed by atoms with E-state index in [1.807, 2.05) is 23.0 Å². The zero-order valence-corrected chi connectivity index (χ0v) is 33.5. The first-order valence-corrected chi connectivity index (χ1v) is 17.5. The Morgan fingerprint density at radius 1 is 0.725 bits per heavy atom. The molecule has 0 aliphatic heterocycles. The second-order valence-corrected chi connectivity index (χ2v) is 15.8. The van der Waals surface area contributed by atoms with Crippen LogP contribution in [0.4, 0.5) is 0 Å². The fourth-order valence-electron chi connectivity index (χ4n) is 6.75. The molecule has 5 nitrogen and oxygen atoms in total. The van der Waals surface area contributed by atoms with Crippen LogP contribution in [0.1, 0.15) is 89.4 Å². The molecular formula is C45H46N4OPt. The molecule has 0 aliphatic rings. The average Bonchev–Trinajstić information content (AvgIpc) is 3.56. The van der Waals surface area contributed by atoms with Gasteiger partial charge in [-0.2, -0.15) is 11.2 Å². The molecule has 0 bridgehead atoms. The summed E-state index contributed by atoms with van der Waals surface area (Å²) >= 11 is 0. The number of benzene rings is 4. The SMILES string of the molecule is Cc1nn(-c2[c-]c(Oc3[c-]c4c(cc3)c3cc(C(C)C)ccc3n4-c3cc(C(C)(C)C)ccn3)cc(C(C)(C)C)c2)c(C)c1-c1ccccc1.[Pt+2]. The number of fused-ring (bicyclic) bond motifs is 3. The third-order valence-electron chi connectivity index (χ3n) is 9.68. The summed E-state index contributed by atoms with van der Waals surface area (Å²) in [7, 11) is 0. The largest absolute Gasteiger partial charge is 2.00 e. The Morgan fingerprint density at radius 2 is 1.45 bits per heavy atom. The molecule has 6 heteroatoms. The first-order valence-electron chi connectivity index (χ1n) is 17.5. The molecule has 0 saturated carbocycles. The molecule has 262 valence electrons. The summed E-state index contributed by atoms with van der Waals surface area (Å²) in [5.74, 6) is 2.52. The second-order valence-electron chi connectivity index (χ2n) is 15.8. The fraction of sp³-hybridized carbons (Fsp3) is 0.289. The van der Waals surface area contributed by atoms with Crippen molar-refractivity contribution in [2.24, 2.45) is 0 Å². The van der Waals surface area contributed by atoms with Crippen LogP contribution < -0.4 is 4.74 Å². The van der Waals surface area contributed by atoms with E-state index < -0.39 is 0 Å². The molecule has 51 heavy (non-hydrogen) atoms. The van der Waals surface area contributed by atoms with Gasteiger partial charge in [-0.1, -0.05) is 103 Å². The fourth-order valence-corrected chi connectivity index (χ4v) is 6.75. The summed E-state index contributed by atoms with van der Waals surface area (Å²) in [6.07, 6.45) is 1.91. The maximum atomic E-state index is 6.69. The molecule has 0 fully saturated rings. The molecule has 0 amide bonds. The minimum Gasteiger partial charge on any atom is -0.509 e. The van der Waals surface area contributed by atoms with Gasteiger partial charge in [0.05, 0.1) is 5.69 Å². The van der Waals surface area contributed by atoms with Crippen molar-refractivity contribution in [2.45, 2.75) is 86.0 Å². The van der Waals surface area contributed by atoms with Crippen LogP contribution in [-0.4, -0.2) is 19.3 Å². The zero-order chi connectivity index (χ0) is 35.5. The van der Waals surface area contributed by atoms with Crippen molar-refractivity contribution in [3.8, 4) is 34.1 Å². The minimum absolute atomic E-state index is 0. The molecule has 0 N–H and O–H groups in total. The monoisotopic (exact) mass is 853 g/mol. The Morgan fingerprint density at radius 3 is 2.14 bits per heavy atom. The first kappa shape index (κ1) is 36.3. The number of ether oxygens (including phenoxy) is 1. The van der Waals surface area contributed by atoms with E-state index in [0.29, 0.717) is 17.4 Å². The van der Waals surface area contributed by atoms with Gasteiger partial charge in [-0.3, -0.25) is 4.68 Å². The quantitative estimate of drug-likeness (QED) is 0.157. The van der Waals surface area contributed by atoms with Crippen LogP contribution in [-0.2, 0) is 31.9 Å². The topological polar surface area (TPSA) is 44.9 Å². The van der Waals surface area contributed by atoms with Crippen molar-refractivity contribution in [2.75, 3.05) is 0 Å². The van der Waals surface area contributed by atoms with Crippen LogP contribution in [0.5, 0.6) is 11.5 Å². The summed E-state index contributed by atoms with van der Waals surface area (Å²) < 4.78 is 10.9. The second kappa shape index (κ2) is 13.6. The summed E-state index contributed by atoms with van der Waals surface area (Å²) in [5.41, 5.74) is 10.7. The number of aryl methyl sites for hydroxylation is 1. The first-order chi connectivity index (χ1) is 23.7. The van der Waals surface area contributed by atoms with Crippen molar-refractivity contribution >= 4 is 21.8 Å². The van der Waals surface area contributed by atoms with Gasteiger partial charge in [0.1, 0.15) is 5.82 Å². The molecule has 0 radical (unpaired) electrons. The average molecular weight is 854 g/mol. The van der Waals surface area contributed by atoms with E-state index in [0.717, 1.165) is 56.0 Å². The van der Waals surface area contributed by atoms with Crippen LogP contribution in [0.3, 0.4) is 0 Å². The summed E-state index contributed by atoms with van der Waals surface area (Å²) in [5, 5.41) is 7.29. The third-order valence-corrected chi connectivity index (χ3v) is 9.68. The van der Waals surface area contributed by atoms with E-state index in [1.165, 1.54) is 16.5 Å². The van der Waals surface area contributed by atoms with Gasteiger partial charge >= 0.3 is 21.1 Å². The van der Waals surface area contributed by atoms with Gasteiger partial charge in [0, 0.05) is 34.5 Å². The van der Waals surface area contributed by atoms with E-state index in [4.69, 9.17) is 14.8 Å². The van der Waals surface area contributed by atoms with E-state index in [-0.39, 0.29) is 31.9 Å². The number of rotatable bonds is 6. The number of nitrogens with zero attached hydrogens (tertiary/aromatic N) is 4. The van der Waals surface area contributed by atoms with Gasteiger partial charge in [0.2, 0.25) is 0 Å². The van der Waals surface area contributed by atoms with Gasteiger partial charge in [0.25, 0.3) is 0 Å². The Hall–Kier alpha value is -4.47. The van der Waals surface area contributed by atoms with Crippen LogP contribution in [0.25, 0.3) is 44.4 Å². The molecule has 3 aromatic heterocycles. The van der Waals surface area contributed by atoms with Gasteiger partial charge in [-0.05, 0) is 76.6 Å². The Kier molecular flexibility index (Phi) is 9.67. The third kappa shape index (κ3) is 6.94. The predicted molar refractivity (Wildman–Crippen MR) is 206 cm³/mol. The predicted octanol–water partition coefficient (Wildman–Crippen LogP) is 11.8. The normalized spacial score (nSPS) is 12.1. The number of aromatic nitrogens is 4. The zero-order valence-electron chi connectivity index (χ0n) is 31.3. The van der Waals surface area contributed by atoms with Crippen molar-refractivity contribution in [3.05, 3.63) is 131 Å². The molecular weight excluding hydrogens is 808 g/mol. The van der Waals surface area contributed by atoms with Crippen LogP contribution >= 0.6 is 0 Å². The molecule has 7 aromatic rings. The molecule has 0 saturated heterocycles. The molecule has 0 spiro atoms. The molecule has 3 heterocycles. The molecule has 7 rings (SSSR count). The van der Waals surface area contributed by atoms with E-state index in [9.17, 15) is 0 Å². The standard InChI is InChI=1S/C45H46N4O.Pt/c1-28(2)32-16-19-40-39(22-32)38-18-17-36(27-41(38)48(40)42-25-33(20-21-46-42)44(5,6)7)50-37-24-34(45(8,9)10)23-35(26-37)49-30(4)43(29(3)47-49)31-14-12-11-13-15-31;/h11-25,28H,1-10H3;/q-2;+2. The maximum Gasteiger partial charge on any atom is 2.00 e. The Labute approximate surface area is 317 Å².